The van der Waals surface area contributed by atoms with Crippen LogP contribution in [-0.4, -0.2) is 32.1 Å². The Morgan fingerprint density at radius 2 is 1.93 bits per heavy atom. The Labute approximate surface area is 174 Å². The first-order chi connectivity index (χ1) is 13.7. The Balaban J connectivity index is 2.00. The van der Waals surface area contributed by atoms with Crippen LogP contribution in [-0.2, 0) is 15.6 Å². The zero-order valence-corrected chi connectivity index (χ0v) is 18.4. The molecule has 1 atom stereocenters. The van der Waals surface area contributed by atoms with Crippen molar-refractivity contribution in [3.63, 3.8) is 0 Å². The minimum absolute atomic E-state index is 0.0609. The molecule has 0 spiro atoms. The van der Waals surface area contributed by atoms with E-state index in [2.05, 4.69) is 25.7 Å². The van der Waals surface area contributed by atoms with Crippen molar-refractivity contribution in [1.29, 1.82) is 0 Å². The summed E-state index contributed by atoms with van der Waals surface area (Å²) in [4.78, 5) is 10.9. The van der Waals surface area contributed by atoms with Gasteiger partial charge >= 0.3 is 5.97 Å². The highest BCUT2D eigenvalue weighted by Crippen LogP contribution is 2.21. The average Bonchev–Trinajstić information content (AvgIpc) is 2.64. The maximum atomic E-state index is 10.9. The third-order valence-electron chi connectivity index (χ3n) is 4.16. The van der Waals surface area contributed by atoms with Crippen LogP contribution in [0, 0.1) is 0 Å². The maximum absolute atomic E-state index is 10.9. The van der Waals surface area contributed by atoms with Gasteiger partial charge in [0.15, 0.2) is 8.32 Å². The monoisotopic (exact) mass is 413 g/mol. The molecular weight excluding hydrogens is 382 g/mol. The van der Waals surface area contributed by atoms with E-state index in [4.69, 9.17) is 20.0 Å². The largest absolute Gasteiger partial charge is 0.493 e. The Kier molecular flexibility index (Phi) is 8.48. The van der Waals surface area contributed by atoms with Crippen molar-refractivity contribution in [1.82, 2.24) is 0 Å². The second kappa shape index (κ2) is 10.8. The van der Waals surface area contributed by atoms with E-state index in [-0.39, 0.29) is 12.5 Å². The molecule has 0 unspecified atom stereocenters. The molecule has 0 amide bonds. The van der Waals surface area contributed by atoms with Gasteiger partial charge in [0.2, 0.25) is 0 Å². The number of carbonyl (C=O) groups is 1. The van der Waals surface area contributed by atoms with Gasteiger partial charge in [-0.05, 0) is 55.4 Å². The molecule has 5 nitrogen and oxygen atoms in total. The molecule has 0 radical (unpaired) electrons. The summed E-state index contributed by atoms with van der Waals surface area (Å²) in [6.07, 6.45) is 5.28. The number of aryl methyl sites for hydroxylation is 1. The number of carboxylic acids is 1. The maximum Gasteiger partial charge on any atom is 0.303 e. The molecule has 3 N–H and O–H groups in total. The number of aliphatic carboxylic acids is 1. The van der Waals surface area contributed by atoms with E-state index >= 15 is 0 Å². The Morgan fingerprint density at radius 3 is 2.62 bits per heavy atom. The smallest absolute Gasteiger partial charge is 0.303 e. The van der Waals surface area contributed by atoms with Crippen LogP contribution in [0.2, 0.25) is 19.6 Å². The lowest BCUT2D eigenvalue weighted by Crippen LogP contribution is -2.32. The summed E-state index contributed by atoms with van der Waals surface area (Å²) in [6, 6.07) is 15.3. The van der Waals surface area contributed by atoms with Gasteiger partial charge in [0.25, 0.3) is 0 Å². The van der Waals surface area contributed by atoms with Crippen molar-refractivity contribution < 1.29 is 19.1 Å². The first kappa shape index (κ1) is 22.7. The molecule has 0 aliphatic heterocycles. The third-order valence-corrected chi connectivity index (χ3v) is 5.17. The average molecular weight is 414 g/mol. The SMILES string of the molecule is C[Si](C)(C)O[C@@H](/C=C/c1cccc(N)c1)CCOc1ccccc1CCC(=O)O. The fourth-order valence-corrected chi connectivity index (χ4v) is 4.01. The third kappa shape index (κ3) is 8.98. The van der Waals surface area contributed by atoms with Crippen molar-refractivity contribution >= 4 is 26.1 Å². The van der Waals surface area contributed by atoms with E-state index in [0.717, 1.165) is 22.6 Å². The number of benzene rings is 2. The van der Waals surface area contributed by atoms with Gasteiger partial charge in [-0.2, -0.15) is 0 Å². The molecule has 0 saturated heterocycles. The van der Waals surface area contributed by atoms with Crippen LogP contribution in [0.1, 0.15) is 24.0 Å². The molecular formula is C23H31NO4Si. The summed E-state index contributed by atoms with van der Waals surface area (Å²) in [7, 11) is -1.73. The van der Waals surface area contributed by atoms with Crippen molar-refractivity contribution in [2.45, 2.75) is 45.0 Å². The molecule has 2 rings (SSSR count). The predicted molar refractivity (Wildman–Crippen MR) is 121 cm³/mol. The zero-order valence-electron chi connectivity index (χ0n) is 17.4. The molecule has 29 heavy (non-hydrogen) atoms. The van der Waals surface area contributed by atoms with Gasteiger partial charge in [-0.15, -0.1) is 0 Å². The molecule has 0 aliphatic carbocycles. The lowest BCUT2D eigenvalue weighted by Gasteiger charge is -2.24. The van der Waals surface area contributed by atoms with Crippen LogP contribution in [0.3, 0.4) is 0 Å². The Bertz CT molecular complexity index is 830. The number of nitrogens with two attached hydrogens (primary N) is 1. The van der Waals surface area contributed by atoms with E-state index in [0.29, 0.717) is 19.4 Å². The minimum Gasteiger partial charge on any atom is -0.493 e. The van der Waals surface area contributed by atoms with Crippen LogP contribution in [0.15, 0.2) is 54.6 Å². The van der Waals surface area contributed by atoms with Crippen LogP contribution in [0.4, 0.5) is 5.69 Å². The van der Waals surface area contributed by atoms with Crippen LogP contribution in [0.25, 0.3) is 6.08 Å². The first-order valence-corrected chi connectivity index (χ1v) is 13.3. The second-order valence-electron chi connectivity index (χ2n) is 7.94. The van der Waals surface area contributed by atoms with Crippen LogP contribution < -0.4 is 10.5 Å². The number of ether oxygens (including phenoxy) is 1. The summed E-state index contributed by atoms with van der Waals surface area (Å²) in [5.74, 6) is -0.0737. The highest BCUT2D eigenvalue weighted by atomic mass is 28.4. The minimum atomic E-state index is -1.73. The second-order valence-corrected chi connectivity index (χ2v) is 12.4. The van der Waals surface area contributed by atoms with Crippen LogP contribution >= 0.6 is 0 Å². The van der Waals surface area contributed by atoms with Gasteiger partial charge in [0.05, 0.1) is 12.7 Å². The van der Waals surface area contributed by atoms with Crippen LogP contribution in [0.5, 0.6) is 5.75 Å². The summed E-state index contributed by atoms with van der Waals surface area (Å²) in [5, 5.41) is 8.92. The molecule has 0 aliphatic rings. The van der Waals surface area contributed by atoms with Crippen molar-refractivity contribution in [3.8, 4) is 5.75 Å². The van der Waals surface area contributed by atoms with E-state index in [1.54, 1.807) is 0 Å². The van der Waals surface area contributed by atoms with Gasteiger partial charge in [-0.1, -0.05) is 42.5 Å². The molecule has 156 valence electrons. The number of carboxylic acid groups (broad SMARTS) is 1. The molecule has 0 aromatic heterocycles. The number of anilines is 1. The molecule has 0 heterocycles. The highest BCUT2D eigenvalue weighted by Gasteiger charge is 2.19. The quantitative estimate of drug-likeness (QED) is 0.401. The lowest BCUT2D eigenvalue weighted by atomic mass is 10.1. The number of rotatable bonds is 11. The lowest BCUT2D eigenvalue weighted by molar-refractivity contribution is -0.136. The van der Waals surface area contributed by atoms with Gasteiger partial charge in [0.1, 0.15) is 5.75 Å². The standard InChI is InChI=1S/C23H31NO4Si/c1-29(2,3)28-21(13-11-18-7-6-9-20(24)17-18)15-16-27-22-10-5-4-8-19(22)12-14-23(25)26/h4-11,13,17,21H,12,14-16,24H2,1-3H3,(H,25,26)/b13-11+/t21-/m0/s1. The Hall–Kier alpha value is -2.57. The van der Waals surface area contributed by atoms with Crippen molar-refractivity contribution in [3.05, 3.63) is 65.7 Å². The molecule has 6 heteroatoms. The fourth-order valence-electron chi connectivity index (χ4n) is 2.91. The highest BCUT2D eigenvalue weighted by molar-refractivity contribution is 6.69. The van der Waals surface area contributed by atoms with Gasteiger partial charge < -0.3 is 20.0 Å². The Morgan fingerprint density at radius 1 is 1.17 bits per heavy atom. The summed E-state index contributed by atoms with van der Waals surface area (Å²) in [5.41, 5.74) is 8.53. The fraction of sp³-hybridized carbons (Fsp3) is 0.348. The summed E-state index contributed by atoms with van der Waals surface area (Å²) < 4.78 is 12.3. The predicted octanol–water partition coefficient (Wildman–Crippen LogP) is 4.99. The number of para-hydroxylation sites is 1. The summed E-state index contributed by atoms with van der Waals surface area (Å²) >= 11 is 0. The zero-order chi connectivity index (χ0) is 21.3. The normalized spacial score (nSPS) is 12.8. The number of hydrogen-bond donors (Lipinski definition) is 2. The van der Waals surface area contributed by atoms with Crippen molar-refractivity contribution in [2.75, 3.05) is 12.3 Å². The molecule has 0 saturated carbocycles. The molecule has 2 aromatic carbocycles. The molecule has 2 aromatic rings. The van der Waals surface area contributed by atoms with E-state index in [9.17, 15) is 4.79 Å². The van der Waals surface area contributed by atoms with E-state index in [1.165, 1.54) is 0 Å². The summed E-state index contributed by atoms with van der Waals surface area (Å²) in [6.45, 7) is 6.98. The topological polar surface area (TPSA) is 81.8 Å². The molecule has 0 bridgehead atoms. The van der Waals surface area contributed by atoms with E-state index < -0.39 is 14.3 Å². The van der Waals surface area contributed by atoms with Gasteiger partial charge in [-0.25, -0.2) is 0 Å². The van der Waals surface area contributed by atoms with Gasteiger partial charge in [-0.3, -0.25) is 4.79 Å². The first-order valence-electron chi connectivity index (χ1n) is 9.87. The number of nitrogen functional groups attached to an aromatic ring is 1. The number of hydrogen-bond acceptors (Lipinski definition) is 4. The molecule has 0 fully saturated rings. The van der Waals surface area contributed by atoms with E-state index in [1.807, 2.05) is 54.6 Å². The van der Waals surface area contributed by atoms with Gasteiger partial charge in [0, 0.05) is 18.5 Å². The van der Waals surface area contributed by atoms with Crippen molar-refractivity contribution in [2.24, 2.45) is 0 Å².